The van der Waals surface area contributed by atoms with Gasteiger partial charge in [0.25, 0.3) is 0 Å². The predicted octanol–water partition coefficient (Wildman–Crippen LogP) is 8.67. The van der Waals surface area contributed by atoms with Gasteiger partial charge in [0.2, 0.25) is 0 Å². The fourth-order valence-electron chi connectivity index (χ4n) is 4.08. The number of aldehydes is 1. The van der Waals surface area contributed by atoms with Gasteiger partial charge in [-0.05, 0) is 97.8 Å². The number of hydrogen-bond donors (Lipinski definition) is 0. The van der Waals surface area contributed by atoms with E-state index in [1.165, 1.54) is 74.5 Å². The van der Waals surface area contributed by atoms with Crippen molar-refractivity contribution < 1.29 is 4.79 Å². The molecule has 0 saturated heterocycles. The highest BCUT2D eigenvalue weighted by Crippen LogP contribution is 2.30. The summed E-state index contributed by atoms with van der Waals surface area (Å²) in [5.41, 5.74) is 6.08. The molecule has 1 heteroatoms. The maximum Gasteiger partial charge on any atom is 0.120 e. The van der Waals surface area contributed by atoms with Crippen molar-refractivity contribution in [2.75, 3.05) is 0 Å². The second-order valence-corrected chi connectivity index (χ2v) is 8.86. The molecule has 1 aliphatic rings. The molecule has 1 nitrogen and oxygen atoms in total. The minimum Gasteiger partial charge on any atom is -0.303 e. The maximum absolute atomic E-state index is 10.8. The lowest BCUT2D eigenvalue weighted by Gasteiger charge is -2.22. The van der Waals surface area contributed by atoms with Crippen molar-refractivity contribution in [3.8, 4) is 0 Å². The third-order valence-electron chi connectivity index (χ3n) is 5.87. The Morgan fingerprint density at radius 2 is 1.57 bits per heavy atom. The molecule has 0 aromatic heterocycles. The first-order chi connectivity index (χ1) is 13.5. The first kappa shape index (κ1) is 24.7. The number of hydrogen-bond acceptors (Lipinski definition) is 1. The normalized spacial score (nSPS) is 18.9. The molecule has 1 rings (SSSR count). The zero-order valence-electron chi connectivity index (χ0n) is 19.1. The number of carbonyl (C=O) groups excluding carboxylic acids is 1. The summed E-state index contributed by atoms with van der Waals surface area (Å²) in [7, 11) is 0. The quantitative estimate of drug-likeness (QED) is 0.243. The molecule has 28 heavy (non-hydrogen) atoms. The fraction of sp³-hybridized carbons (Fsp3) is 0.667. The Bertz CT molecular complexity index is 555. The molecule has 0 aliphatic heterocycles. The third kappa shape index (κ3) is 12.2. The molecule has 1 unspecified atom stereocenters. The van der Waals surface area contributed by atoms with E-state index in [1.54, 1.807) is 5.57 Å². The first-order valence-electron chi connectivity index (χ1n) is 11.6. The summed E-state index contributed by atoms with van der Waals surface area (Å²) in [6.45, 7) is 8.88. The standard InChI is InChI=1S/C27H44O/c1-23(2)13-9-14-24(3)15-10-16-25(4)17-11-20-26-18-7-5-6-8-19-27(26)21-12-22-28/h13,15,17-18,22,27H,5-12,14,16,19-21H2,1-4H3. The summed E-state index contributed by atoms with van der Waals surface area (Å²) in [5.74, 6) is 0.644. The van der Waals surface area contributed by atoms with Crippen LogP contribution in [0.3, 0.4) is 0 Å². The largest absolute Gasteiger partial charge is 0.303 e. The first-order valence-corrected chi connectivity index (χ1v) is 11.6. The van der Waals surface area contributed by atoms with E-state index in [4.69, 9.17) is 0 Å². The van der Waals surface area contributed by atoms with Crippen LogP contribution < -0.4 is 0 Å². The molecular formula is C27H44O. The van der Waals surface area contributed by atoms with Crippen LogP contribution in [0.2, 0.25) is 0 Å². The van der Waals surface area contributed by atoms with Crippen molar-refractivity contribution in [1.29, 1.82) is 0 Å². The molecule has 0 spiro atoms. The van der Waals surface area contributed by atoms with Crippen LogP contribution in [0.5, 0.6) is 0 Å². The lowest BCUT2D eigenvalue weighted by molar-refractivity contribution is -0.108. The molecule has 1 atom stereocenters. The lowest BCUT2D eigenvalue weighted by Crippen LogP contribution is -2.07. The van der Waals surface area contributed by atoms with Gasteiger partial charge in [-0.2, -0.15) is 0 Å². The number of rotatable bonds is 12. The minimum atomic E-state index is 0.644. The van der Waals surface area contributed by atoms with Gasteiger partial charge in [-0.15, -0.1) is 0 Å². The van der Waals surface area contributed by atoms with Crippen molar-refractivity contribution >= 4 is 6.29 Å². The summed E-state index contributed by atoms with van der Waals surface area (Å²) >= 11 is 0. The molecule has 158 valence electrons. The van der Waals surface area contributed by atoms with E-state index in [1.807, 2.05) is 0 Å². The second kappa shape index (κ2) is 15.5. The van der Waals surface area contributed by atoms with Crippen LogP contribution in [0.15, 0.2) is 46.6 Å². The topological polar surface area (TPSA) is 17.1 Å². The molecule has 0 N–H and O–H groups in total. The van der Waals surface area contributed by atoms with Gasteiger partial charge in [-0.3, -0.25) is 0 Å². The zero-order chi connectivity index (χ0) is 20.6. The second-order valence-electron chi connectivity index (χ2n) is 8.86. The van der Waals surface area contributed by atoms with E-state index in [0.29, 0.717) is 5.92 Å². The minimum absolute atomic E-state index is 0.644. The molecule has 0 amide bonds. The van der Waals surface area contributed by atoms with Gasteiger partial charge >= 0.3 is 0 Å². The highest BCUT2D eigenvalue weighted by atomic mass is 16.1. The zero-order valence-corrected chi connectivity index (χ0v) is 19.1. The Morgan fingerprint density at radius 1 is 0.893 bits per heavy atom. The maximum atomic E-state index is 10.8. The Balaban J connectivity index is 2.41. The molecular weight excluding hydrogens is 340 g/mol. The highest BCUT2D eigenvalue weighted by Gasteiger charge is 2.15. The molecule has 1 aliphatic carbocycles. The Morgan fingerprint density at radius 3 is 2.25 bits per heavy atom. The van der Waals surface area contributed by atoms with Crippen LogP contribution in [0.1, 0.15) is 111 Å². The van der Waals surface area contributed by atoms with E-state index in [9.17, 15) is 4.79 Å². The predicted molar refractivity (Wildman–Crippen MR) is 125 cm³/mol. The van der Waals surface area contributed by atoms with Gasteiger partial charge in [-0.25, -0.2) is 0 Å². The third-order valence-corrected chi connectivity index (χ3v) is 5.87. The van der Waals surface area contributed by atoms with Crippen molar-refractivity contribution in [3.05, 3.63) is 46.6 Å². The van der Waals surface area contributed by atoms with Crippen LogP contribution in [-0.2, 0) is 4.79 Å². The van der Waals surface area contributed by atoms with Gasteiger partial charge in [0, 0.05) is 6.42 Å². The van der Waals surface area contributed by atoms with Gasteiger partial charge < -0.3 is 4.79 Å². The summed E-state index contributed by atoms with van der Waals surface area (Å²) < 4.78 is 0. The monoisotopic (exact) mass is 384 g/mol. The van der Waals surface area contributed by atoms with Gasteiger partial charge in [0.15, 0.2) is 0 Å². The van der Waals surface area contributed by atoms with Gasteiger partial charge in [0.1, 0.15) is 6.29 Å². The molecule has 0 aromatic rings. The van der Waals surface area contributed by atoms with Crippen molar-refractivity contribution in [2.24, 2.45) is 5.92 Å². The van der Waals surface area contributed by atoms with E-state index in [0.717, 1.165) is 32.0 Å². The van der Waals surface area contributed by atoms with Gasteiger partial charge in [0.05, 0.1) is 0 Å². The number of carbonyl (C=O) groups is 1. The van der Waals surface area contributed by atoms with Crippen LogP contribution in [-0.4, -0.2) is 6.29 Å². The smallest absolute Gasteiger partial charge is 0.120 e. The Kier molecular flexibility index (Phi) is 13.7. The van der Waals surface area contributed by atoms with E-state index >= 15 is 0 Å². The summed E-state index contributed by atoms with van der Waals surface area (Å²) in [4.78, 5) is 10.8. The molecule has 0 fully saturated rings. The van der Waals surface area contributed by atoms with Crippen LogP contribution in [0.4, 0.5) is 0 Å². The molecule has 0 saturated carbocycles. The average molecular weight is 385 g/mol. The van der Waals surface area contributed by atoms with E-state index in [-0.39, 0.29) is 0 Å². The van der Waals surface area contributed by atoms with E-state index in [2.05, 4.69) is 52.0 Å². The lowest BCUT2D eigenvalue weighted by atomic mass is 9.84. The van der Waals surface area contributed by atoms with Crippen molar-refractivity contribution in [1.82, 2.24) is 0 Å². The molecule has 0 radical (unpaired) electrons. The molecule has 0 aromatic carbocycles. The number of allylic oxidation sites excluding steroid dienone is 8. The molecule has 0 heterocycles. The van der Waals surface area contributed by atoms with Gasteiger partial charge in [-0.1, -0.05) is 59.4 Å². The van der Waals surface area contributed by atoms with Crippen LogP contribution >= 0.6 is 0 Å². The average Bonchev–Trinajstić information content (AvgIpc) is 2.63. The summed E-state index contributed by atoms with van der Waals surface area (Å²) in [5, 5.41) is 0. The molecule has 0 bridgehead atoms. The van der Waals surface area contributed by atoms with Crippen LogP contribution in [0.25, 0.3) is 0 Å². The SMILES string of the molecule is CC(C)=CCCC(C)=CCCC(C)=CCCC1=CCCCCCC1CCC=O. The Labute approximate surface area is 175 Å². The summed E-state index contributed by atoms with van der Waals surface area (Å²) in [6.07, 6.45) is 26.1. The fourth-order valence-corrected chi connectivity index (χ4v) is 4.08. The van der Waals surface area contributed by atoms with Crippen molar-refractivity contribution in [3.63, 3.8) is 0 Å². The van der Waals surface area contributed by atoms with E-state index < -0.39 is 0 Å². The highest BCUT2D eigenvalue weighted by molar-refractivity contribution is 5.49. The van der Waals surface area contributed by atoms with Crippen LogP contribution in [0, 0.1) is 5.92 Å². The van der Waals surface area contributed by atoms with Crippen molar-refractivity contribution in [2.45, 2.75) is 111 Å². The summed E-state index contributed by atoms with van der Waals surface area (Å²) in [6, 6.07) is 0. The Hall–Kier alpha value is -1.37.